The molecule has 0 saturated heterocycles. The fourth-order valence-electron chi connectivity index (χ4n) is 3.44. The molecule has 1 aliphatic heterocycles. The van der Waals surface area contributed by atoms with Crippen molar-refractivity contribution in [3.8, 4) is 11.5 Å². The van der Waals surface area contributed by atoms with E-state index in [1.165, 1.54) is 7.05 Å². The third-order valence-electron chi connectivity index (χ3n) is 5.07. The topological polar surface area (TPSA) is 71.2 Å². The summed E-state index contributed by atoms with van der Waals surface area (Å²) in [5.74, 6) is 0.0681. The Labute approximate surface area is 180 Å². The lowest BCUT2D eigenvalue weighted by atomic mass is 10.1. The minimum Gasteiger partial charge on any atom is -0.454 e. The smallest absolute Gasteiger partial charge is 0.451 e. The number of hydrogen-bond donors (Lipinski definition) is 0. The van der Waals surface area contributed by atoms with Crippen molar-refractivity contribution in [1.82, 2.24) is 19.3 Å². The number of rotatable bonds is 6. The van der Waals surface area contributed by atoms with Gasteiger partial charge in [0.15, 0.2) is 22.4 Å². The number of halogens is 3. The molecule has 0 amide bonds. The van der Waals surface area contributed by atoms with Crippen LogP contribution in [0.1, 0.15) is 33.1 Å². The predicted molar refractivity (Wildman–Crippen MR) is 107 cm³/mol. The first-order valence-corrected chi connectivity index (χ1v) is 10.3. The number of alkyl halides is 3. The number of hydrogen-bond acceptors (Lipinski definition) is 6. The summed E-state index contributed by atoms with van der Waals surface area (Å²) in [4.78, 5) is 12.8. The second kappa shape index (κ2) is 7.95. The summed E-state index contributed by atoms with van der Waals surface area (Å²) in [6, 6.07) is 7.49. The van der Waals surface area contributed by atoms with Crippen molar-refractivity contribution in [1.29, 1.82) is 0 Å². The Morgan fingerprint density at radius 1 is 1.16 bits per heavy atom. The lowest BCUT2D eigenvalue weighted by molar-refractivity contribution is -0.147. The first kappa shape index (κ1) is 21.3. The summed E-state index contributed by atoms with van der Waals surface area (Å²) in [6.45, 7) is 4.50. The predicted octanol–water partition coefficient (Wildman–Crippen LogP) is 4.00. The van der Waals surface area contributed by atoms with Gasteiger partial charge in [0.2, 0.25) is 12.6 Å². The number of ether oxygens (including phenoxy) is 2. The maximum Gasteiger partial charge on any atom is 0.451 e. The summed E-state index contributed by atoms with van der Waals surface area (Å²) in [5, 5.41) is 6.77. The van der Waals surface area contributed by atoms with Gasteiger partial charge in [-0.15, -0.1) is 10.2 Å². The zero-order valence-corrected chi connectivity index (χ0v) is 17.8. The number of benzene rings is 1. The molecular formula is C20H19F3N4O3S. The first-order chi connectivity index (χ1) is 14.6. The van der Waals surface area contributed by atoms with Crippen LogP contribution < -0.4 is 9.47 Å². The first-order valence-electron chi connectivity index (χ1n) is 9.33. The van der Waals surface area contributed by atoms with E-state index in [1.807, 2.05) is 36.6 Å². The Morgan fingerprint density at radius 3 is 2.61 bits per heavy atom. The molecular weight excluding hydrogens is 433 g/mol. The maximum absolute atomic E-state index is 12.9. The number of carbonyl (C=O) groups is 1. The average Bonchev–Trinajstić information content (AvgIpc) is 3.39. The third kappa shape index (κ3) is 4.14. The molecule has 0 aliphatic carbocycles. The van der Waals surface area contributed by atoms with Crippen molar-refractivity contribution in [2.45, 2.75) is 31.7 Å². The lowest BCUT2D eigenvalue weighted by Gasteiger charge is -2.11. The highest BCUT2D eigenvalue weighted by molar-refractivity contribution is 7.99. The zero-order chi connectivity index (χ0) is 22.3. The van der Waals surface area contributed by atoms with Gasteiger partial charge >= 0.3 is 6.18 Å². The number of aromatic nitrogens is 4. The Balaban J connectivity index is 1.48. The standard InChI is InChI=1S/C20H19F3N4O3S/c1-11-6-14(15(28)9-31-19-25-24-18(26(19)3)20(21,22)23)12(2)27(11)8-13-4-5-16-17(7-13)30-10-29-16/h4-7H,8-10H2,1-3H3. The monoisotopic (exact) mass is 452 g/mol. The van der Waals surface area contributed by atoms with Crippen LogP contribution in [0.15, 0.2) is 29.4 Å². The number of aryl methyl sites for hydroxylation is 1. The third-order valence-corrected chi connectivity index (χ3v) is 6.09. The molecule has 7 nitrogen and oxygen atoms in total. The van der Waals surface area contributed by atoms with Crippen molar-refractivity contribution in [3.05, 3.63) is 52.6 Å². The normalized spacial score (nSPS) is 13.1. The van der Waals surface area contributed by atoms with Crippen LogP contribution in [0.2, 0.25) is 0 Å². The minimum atomic E-state index is -4.59. The van der Waals surface area contributed by atoms with E-state index in [-0.39, 0.29) is 23.5 Å². The van der Waals surface area contributed by atoms with E-state index in [1.54, 1.807) is 6.07 Å². The maximum atomic E-state index is 12.9. The van der Waals surface area contributed by atoms with Crippen LogP contribution in [0.25, 0.3) is 0 Å². The van der Waals surface area contributed by atoms with E-state index in [2.05, 4.69) is 10.2 Å². The van der Waals surface area contributed by atoms with Gasteiger partial charge in [0.25, 0.3) is 0 Å². The molecule has 3 aromatic rings. The Morgan fingerprint density at radius 2 is 1.90 bits per heavy atom. The highest BCUT2D eigenvalue weighted by Crippen LogP contribution is 2.33. The number of carbonyl (C=O) groups excluding carboxylic acids is 1. The summed E-state index contributed by atoms with van der Waals surface area (Å²) in [5.41, 5.74) is 3.22. The molecule has 0 saturated carbocycles. The minimum absolute atomic E-state index is 0.0369. The summed E-state index contributed by atoms with van der Waals surface area (Å²) >= 11 is 0.928. The van der Waals surface area contributed by atoms with Crippen molar-refractivity contribution in [2.75, 3.05) is 12.5 Å². The SMILES string of the molecule is Cc1cc(C(=O)CSc2nnc(C(F)(F)F)n2C)c(C)n1Cc1ccc2c(c1)OCO2. The molecule has 1 aliphatic rings. The summed E-state index contributed by atoms with van der Waals surface area (Å²) in [7, 11) is 1.23. The van der Waals surface area contributed by atoms with Crippen LogP contribution in [0, 0.1) is 13.8 Å². The number of thioether (sulfide) groups is 1. The fourth-order valence-corrected chi connectivity index (χ4v) is 4.24. The number of Topliss-reactive ketones (excluding diaryl/α,β-unsaturated/α-hetero) is 1. The van der Waals surface area contributed by atoms with Crippen LogP contribution in [-0.2, 0) is 19.8 Å². The van der Waals surface area contributed by atoms with E-state index in [9.17, 15) is 18.0 Å². The summed E-state index contributed by atoms with van der Waals surface area (Å²) < 4.78 is 52.2. The van der Waals surface area contributed by atoms with Crippen molar-refractivity contribution in [2.24, 2.45) is 7.05 Å². The molecule has 31 heavy (non-hydrogen) atoms. The van der Waals surface area contributed by atoms with Crippen molar-refractivity contribution >= 4 is 17.5 Å². The van der Waals surface area contributed by atoms with Crippen molar-refractivity contribution < 1.29 is 27.4 Å². The van der Waals surface area contributed by atoms with Crippen molar-refractivity contribution in [3.63, 3.8) is 0 Å². The Kier molecular flexibility index (Phi) is 5.46. The Bertz CT molecular complexity index is 1150. The molecule has 11 heteroatoms. The van der Waals surface area contributed by atoms with Crippen LogP contribution in [0.3, 0.4) is 0 Å². The fraction of sp³-hybridized carbons (Fsp3) is 0.350. The second-order valence-electron chi connectivity index (χ2n) is 7.13. The van der Waals surface area contributed by atoms with E-state index >= 15 is 0 Å². The van der Waals surface area contributed by atoms with Gasteiger partial charge in [-0.25, -0.2) is 0 Å². The molecule has 0 atom stereocenters. The van der Waals surface area contributed by atoms with Gasteiger partial charge in [-0.1, -0.05) is 17.8 Å². The molecule has 0 bridgehead atoms. The molecule has 4 rings (SSSR count). The second-order valence-corrected chi connectivity index (χ2v) is 8.08. The molecule has 0 N–H and O–H groups in total. The van der Waals surface area contributed by atoms with Crippen LogP contribution in [0.4, 0.5) is 13.2 Å². The van der Waals surface area contributed by atoms with Gasteiger partial charge in [0, 0.05) is 30.5 Å². The molecule has 3 heterocycles. The van der Waals surface area contributed by atoms with E-state index in [4.69, 9.17) is 9.47 Å². The van der Waals surface area contributed by atoms with Gasteiger partial charge < -0.3 is 18.6 Å². The highest BCUT2D eigenvalue weighted by atomic mass is 32.2. The van der Waals surface area contributed by atoms with E-state index < -0.39 is 12.0 Å². The lowest BCUT2D eigenvalue weighted by Crippen LogP contribution is -2.13. The number of nitrogens with zero attached hydrogens (tertiary/aromatic N) is 4. The zero-order valence-electron chi connectivity index (χ0n) is 17.0. The highest BCUT2D eigenvalue weighted by Gasteiger charge is 2.37. The van der Waals surface area contributed by atoms with Gasteiger partial charge in [-0.05, 0) is 37.6 Å². The summed E-state index contributed by atoms with van der Waals surface area (Å²) in [6.07, 6.45) is -4.59. The van der Waals surface area contributed by atoms with Gasteiger partial charge in [0.05, 0.1) is 5.75 Å². The molecule has 1 aromatic carbocycles. The van der Waals surface area contributed by atoms with E-state index in [0.29, 0.717) is 23.6 Å². The Hall–Kier alpha value is -2.95. The van der Waals surface area contributed by atoms with Gasteiger partial charge in [-0.2, -0.15) is 13.2 Å². The largest absolute Gasteiger partial charge is 0.454 e. The quantitative estimate of drug-likeness (QED) is 0.416. The van der Waals surface area contributed by atoms with Crippen LogP contribution in [-0.4, -0.2) is 37.7 Å². The number of ketones is 1. The molecule has 0 fully saturated rings. The molecule has 0 unspecified atom stereocenters. The molecule has 2 aromatic heterocycles. The van der Waals surface area contributed by atoms with Gasteiger partial charge in [0.1, 0.15) is 0 Å². The van der Waals surface area contributed by atoms with E-state index in [0.717, 1.165) is 33.3 Å². The van der Waals surface area contributed by atoms with Crippen LogP contribution >= 0.6 is 11.8 Å². The molecule has 0 radical (unpaired) electrons. The van der Waals surface area contributed by atoms with Gasteiger partial charge in [-0.3, -0.25) is 4.79 Å². The average molecular weight is 452 g/mol. The van der Waals surface area contributed by atoms with Crippen LogP contribution in [0.5, 0.6) is 11.5 Å². The molecule has 0 spiro atoms. The molecule has 164 valence electrons. The number of fused-ring (bicyclic) bond motifs is 1.